The van der Waals surface area contributed by atoms with Gasteiger partial charge in [-0.05, 0) is 23.8 Å². The summed E-state index contributed by atoms with van der Waals surface area (Å²) in [5.41, 5.74) is 2.03. The molecule has 0 bridgehead atoms. The second kappa shape index (κ2) is 8.68. The normalized spacial score (nSPS) is 11.7. The average molecular weight is 396 g/mol. The maximum absolute atomic E-state index is 13.0. The van der Waals surface area contributed by atoms with E-state index in [1.54, 1.807) is 44.0 Å². The number of ether oxygens (including phenoxy) is 3. The van der Waals surface area contributed by atoms with Crippen LogP contribution < -0.4 is 14.8 Å². The zero-order valence-electron chi connectivity index (χ0n) is 16.9. The van der Waals surface area contributed by atoms with Crippen molar-refractivity contribution in [2.75, 3.05) is 21.3 Å². The number of carbonyl (C=O) groups excluding carboxylic acids is 2. The van der Waals surface area contributed by atoms with Gasteiger partial charge in [0.1, 0.15) is 23.2 Å². The number of aromatic nitrogens is 1. The summed E-state index contributed by atoms with van der Waals surface area (Å²) in [5, 5.41) is 3.54. The number of fused-ring (bicyclic) bond motifs is 1. The molecule has 0 aliphatic rings. The summed E-state index contributed by atoms with van der Waals surface area (Å²) in [5.74, 6) is 0.357. The van der Waals surface area contributed by atoms with Gasteiger partial charge in [-0.1, -0.05) is 30.3 Å². The second-order valence-electron chi connectivity index (χ2n) is 6.56. The number of hydrogen-bond acceptors (Lipinski definition) is 5. The van der Waals surface area contributed by atoms with Crippen molar-refractivity contribution < 1.29 is 23.8 Å². The molecule has 0 spiro atoms. The molecule has 3 aromatic rings. The molecule has 0 saturated carbocycles. The minimum absolute atomic E-state index is 0.329. The molecule has 1 atom stereocenters. The molecule has 1 heterocycles. The Hall–Kier alpha value is -3.48. The average Bonchev–Trinajstić information content (AvgIpc) is 3.10. The summed E-state index contributed by atoms with van der Waals surface area (Å²) in [6, 6.07) is 13.9. The lowest BCUT2D eigenvalue weighted by atomic mass is 10.1. The van der Waals surface area contributed by atoms with Crippen LogP contribution in [0.3, 0.4) is 0 Å². The molecule has 2 aromatic carbocycles. The first kappa shape index (κ1) is 20.3. The molecule has 0 saturated heterocycles. The van der Waals surface area contributed by atoms with Crippen LogP contribution in [-0.4, -0.2) is 43.8 Å². The maximum Gasteiger partial charge on any atom is 0.328 e. The van der Waals surface area contributed by atoms with E-state index in [4.69, 9.17) is 14.2 Å². The fourth-order valence-electron chi connectivity index (χ4n) is 3.39. The van der Waals surface area contributed by atoms with Gasteiger partial charge in [0, 0.05) is 18.9 Å². The number of amides is 1. The Morgan fingerprint density at radius 2 is 1.66 bits per heavy atom. The predicted molar refractivity (Wildman–Crippen MR) is 109 cm³/mol. The van der Waals surface area contributed by atoms with Crippen molar-refractivity contribution in [1.82, 2.24) is 9.88 Å². The van der Waals surface area contributed by atoms with Crippen molar-refractivity contribution in [3.8, 4) is 11.5 Å². The largest absolute Gasteiger partial charge is 0.496 e. The molecule has 1 amide bonds. The highest BCUT2D eigenvalue weighted by atomic mass is 16.5. The summed E-state index contributed by atoms with van der Waals surface area (Å²) < 4.78 is 17.5. The van der Waals surface area contributed by atoms with Crippen molar-refractivity contribution in [1.29, 1.82) is 0 Å². The van der Waals surface area contributed by atoms with Crippen LogP contribution in [0.25, 0.3) is 10.9 Å². The number of aryl methyl sites for hydroxylation is 1. The van der Waals surface area contributed by atoms with E-state index in [1.807, 2.05) is 30.3 Å². The topological polar surface area (TPSA) is 78.8 Å². The van der Waals surface area contributed by atoms with E-state index in [-0.39, 0.29) is 5.91 Å². The van der Waals surface area contributed by atoms with Gasteiger partial charge >= 0.3 is 5.97 Å². The lowest BCUT2D eigenvalue weighted by Gasteiger charge is -2.17. The van der Waals surface area contributed by atoms with E-state index in [0.717, 1.165) is 16.5 Å². The van der Waals surface area contributed by atoms with Crippen molar-refractivity contribution in [3.05, 3.63) is 59.8 Å². The highest BCUT2D eigenvalue weighted by Gasteiger charge is 2.25. The molecule has 0 aliphatic heterocycles. The number of nitrogens with one attached hydrogen (secondary N) is 1. The standard InChI is InChI=1S/C22H24N2O5/c1-24-17(13-15-18(27-2)10-11-19(28-3)20(15)24)21(25)23-16(22(26)29-4)12-14-8-6-5-7-9-14/h5-11,13,16H,12H2,1-4H3,(H,23,25)/t16-/m0/s1. The lowest BCUT2D eigenvalue weighted by Crippen LogP contribution is -2.43. The molecule has 0 radical (unpaired) electrons. The lowest BCUT2D eigenvalue weighted by molar-refractivity contribution is -0.142. The van der Waals surface area contributed by atoms with Gasteiger partial charge in [-0.3, -0.25) is 4.79 Å². The van der Waals surface area contributed by atoms with Crippen LogP contribution in [0.2, 0.25) is 0 Å². The number of nitrogens with zero attached hydrogens (tertiary/aromatic N) is 1. The Bertz CT molecular complexity index is 1030. The van der Waals surface area contributed by atoms with E-state index in [2.05, 4.69) is 5.32 Å². The minimum Gasteiger partial charge on any atom is -0.496 e. The first-order chi connectivity index (χ1) is 14.0. The van der Waals surface area contributed by atoms with Gasteiger partial charge in [-0.2, -0.15) is 0 Å². The molecular formula is C22H24N2O5. The van der Waals surface area contributed by atoms with Gasteiger partial charge in [0.05, 0.1) is 26.8 Å². The third-order valence-corrected chi connectivity index (χ3v) is 4.86. The molecule has 7 nitrogen and oxygen atoms in total. The molecule has 0 unspecified atom stereocenters. The van der Waals surface area contributed by atoms with Crippen LogP contribution in [0.15, 0.2) is 48.5 Å². The fourth-order valence-corrected chi connectivity index (χ4v) is 3.39. The smallest absolute Gasteiger partial charge is 0.328 e. The molecule has 1 N–H and O–H groups in total. The van der Waals surface area contributed by atoms with E-state index in [0.29, 0.717) is 23.6 Å². The summed E-state index contributed by atoms with van der Waals surface area (Å²) >= 11 is 0. The number of rotatable bonds is 7. The van der Waals surface area contributed by atoms with Crippen LogP contribution in [0.4, 0.5) is 0 Å². The first-order valence-corrected chi connectivity index (χ1v) is 9.13. The van der Waals surface area contributed by atoms with Crippen LogP contribution in [0, 0.1) is 0 Å². The van der Waals surface area contributed by atoms with Crippen molar-refractivity contribution in [3.63, 3.8) is 0 Å². The van der Waals surface area contributed by atoms with E-state index in [9.17, 15) is 9.59 Å². The van der Waals surface area contributed by atoms with E-state index < -0.39 is 12.0 Å². The zero-order valence-corrected chi connectivity index (χ0v) is 16.9. The number of hydrogen-bond donors (Lipinski definition) is 1. The third-order valence-electron chi connectivity index (χ3n) is 4.86. The molecule has 7 heteroatoms. The monoisotopic (exact) mass is 396 g/mol. The third kappa shape index (κ3) is 4.03. The molecule has 0 aliphatic carbocycles. The number of benzene rings is 2. The SMILES string of the molecule is COC(=O)[C@H](Cc1ccccc1)NC(=O)c1cc2c(OC)ccc(OC)c2n1C. The Labute approximate surface area is 169 Å². The number of esters is 1. The molecular weight excluding hydrogens is 372 g/mol. The summed E-state index contributed by atoms with van der Waals surface area (Å²) in [7, 11) is 6.21. The van der Waals surface area contributed by atoms with Crippen molar-refractivity contribution in [2.24, 2.45) is 7.05 Å². The van der Waals surface area contributed by atoms with Crippen molar-refractivity contribution in [2.45, 2.75) is 12.5 Å². The Kier molecular flexibility index (Phi) is 6.07. The highest BCUT2D eigenvalue weighted by Crippen LogP contribution is 2.35. The molecule has 0 fully saturated rings. The maximum atomic E-state index is 13.0. The van der Waals surface area contributed by atoms with E-state index in [1.165, 1.54) is 7.11 Å². The summed E-state index contributed by atoms with van der Waals surface area (Å²) in [4.78, 5) is 25.3. The highest BCUT2D eigenvalue weighted by molar-refractivity contribution is 6.03. The molecule has 1 aromatic heterocycles. The molecule has 29 heavy (non-hydrogen) atoms. The minimum atomic E-state index is -0.809. The van der Waals surface area contributed by atoms with Crippen LogP contribution in [0.1, 0.15) is 16.1 Å². The predicted octanol–water partition coefficient (Wildman–Crippen LogP) is 2.71. The van der Waals surface area contributed by atoms with Gasteiger partial charge in [-0.25, -0.2) is 4.79 Å². The molecule has 3 rings (SSSR count). The Balaban J connectivity index is 1.95. The van der Waals surface area contributed by atoms with Crippen LogP contribution >= 0.6 is 0 Å². The first-order valence-electron chi connectivity index (χ1n) is 9.13. The van der Waals surface area contributed by atoms with Crippen molar-refractivity contribution >= 4 is 22.8 Å². The number of carbonyl (C=O) groups is 2. The zero-order chi connectivity index (χ0) is 21.0. The number of methoxy groups -OCH3 is 3. The van der Waals surface area contributed by atoms with Gasteiger partial charge in [0.15, 0.2) is 0 Å². The van der Waals surface area contributed by atoms with Gasteiger partial charge in [0.25, 0.3) is 5.91 Å². The summed E-state index contributed by atoms with van der Waals surface area (Å²) in [6.07, 6.45) is 0.329. The van der Waals surface area contributed by atoms with Crippen LogP contribution in [0.5, 0.6) is 11.5 Å². The van der Waals surface area contributed by atoms with Crippen LogP contribution in [-0.2, 0) is 23.0 Å². The quantitative estimate of drug-likeness (QED) is 0.622. The van der Waals surface area contributed by atoms with Gasteiger partial charge in [0.2, 0.25) is 0 Å². The second-order valence-corrected chi connectivity index (χ2v) is 6.56. The van der Waals surface area contributed by atoms with Gasteiger partial charge in [-0.15, -0.1) is 0 Å². The van der Waals surface area contributed by atoms with E-state index >= 15 is 0 Å². The Morgan fingerprint density at radius 3 is 2.28 bits per heavy atom. The van der Waals surface area contributed by atoms with Gasteiger partial charge < -0.3 is 24.1 Å². The Morgan fingerprint density at radius 1 is 1.00 bits per heavy atom. The molecule has 152 valence electrons. The summed E-state index contributed by atoms with van der Waals surface area (Å²) in [6.45, 7) is 0. The fraction of sp³-hybridized carbons (Fsp3) is 0.273.